The molecular formula is C21H26N2O. The molecule has 1 aliphatic carbocycles. The van der Waals surface area contributed by atoms with Crippen LogP contribution in [0.2, 0.25) is 0 Å². The lowest BCUT2D eigenvalue weighted by atomic mass is 9.63. The molecule has 2 bridgehead atoms. The van der Waals surface area contributed by atoms with Crippen LogP contribution in [0.3, 0.4) is 0 Å². The lowest BCUT2D eigenvalue weighted by Crippen LogP contribution is -2.52. The summed E-state index contributed by atoms with van der Waals surface area (Å²) in [5.74, 6) is 0.406. The van der Waals surface area contributed by atoms with E-state index in [0.717, 1.165) is 13.0 Å². The third-order valence-corrected chi connectivity index (χ3v) is 6.08. The molecule has 3 nitrogen and oxygen atoms in total. The van der Waals surface area contributed by atoms with Crippen molar-refractivity contribution in [3.8, 4) is 5.75 Å². The molecule has 126 valence electrons. The van der Waals surface area contributed by atoms with Crippen molar-refractivity contribution >= 4 is 0 Å². The second kappa shape index (κ2) is 6.56. The number of likely N-dealkylation sites (tertiary alicyclic amines) is 1. The molecule has 2 heterocycles. The number of aromatic hydroxyl groups is 1. The molecule has 2 atom stereocenters. The van der Waals surface area contributed by atoms with Crippen LogP contribution in [0.1, 0.15) is 43.2 Å². The molecule has 24 heavy (non-hydrogen) atoms. The molecule has 1 saturated carbocycles. The van der Waals surface area contributed by atoms with Crippen LogP contribution in [0.15, 0.2) is 48.8 Å². The lowest BCUT2D eigenvalue weighted by Gasteiger charge is -2.51. The fraction of sp³-hybridized carbons (Fsp3) is 0.476. The van der Waals surface area contributed by atoms with Crippen molar-refractivity contribution in [3.05, 3.63) is 59.9 Å². The Kier molecular flexibility index (Phi) is 4.28. The first-order valence-corrected chi connectivity index (χ1v) is 9.18. The Hall–Kier alpha value is -1.87. The number of aromatic nitrogens is 1. The molecule has 0 amide bonds. The van der Waals surface area contributed by atoms with E-state index < -0.39 is 0 Å². The van der Waals surface area contributed by atoms with Crippen LogP contribution in [0.5, 0.6) is 5.75 Å². The summed E-state index contributed by atoms with van der Waals surface area (Å²) in [5, 5.41) is 9.88. The summed E-state index contributed by atoms with van der Waals surface area (Å²) in [7, 11) is 0. The first-order valence-electron chi connectivity index (χ1n) is 9.18. The second-order valence-corrected chi connectivity index (χ2v) is 7.48. The molecule has 2 aromatic rings. The average molecular weight is 322 g/mol. The van der Waals surface area contributed by atoms with Crippen LogP contribution in [0.4, 0.5) is 0 Å². The van der Waals surface area contributed by atoms with E-state index in [0.29, 0.717) is 11.8 Å². The summed E-state index contributed by atoms with van der Waals surface area (Å²) in [6.45, 7) is 2.30. The number of pyridine rings is 1. The Morgan fingerprint density at radius 3 is 3.00 bits per heavy atom. The minimum atomic E-state index is 0.284. The number of rotatable bonds is 4. The van der Waals surface area contributed by atoms with Crippen molar-refractivity contribution in [3.63, 3.8) is 0 Å². The van der Waals surface area contributed by atoms with Crippen molar-refractivity contribution in [1.82, 2.24) is 9.88 Å². The molecule has 0 unspecified atom stereocenters. The normalized spacial score (nSPS) is 27.1. The number of fused-ring (bicyclic) bond motifs is 2. The van der Waals surface area contributed by atoms with Gasteiger partial charge < -0.3 is 5.11 Å². The van der Waals surface area contributed by atoms with E-state index >= 15 is 0 Å². The van der Waals surface area contributed by atoms with Gasteiger partial charge >= 0.3 is 0 Å². The van der Waals surface area contributed by atoms with Crippen LogP contribution in [0.25, 0.3) is 0 Å². The molecule has 0 spiro atoms. The Balaban J connectivity index is 1.46. The van der Waals surface area contributed by atoms with Crippen LogP contribution in [0, 0.1) is 0 Å². The Bertz CT molecular complexity index is 687. The molecule has 2 aliphatic rings. The van der Waals surface area contributed by atoms with Gasteiger partial charge in [0.15, 0.2) is 0 Å². The smallest absolute Gasteiger partial charge is 0.115 e. The Labute approximate surface area is 144 Å². The SMILES string of the molecule is Oc1cccc([C@@]23CCC[C@@H](C2)N(CCc2cccnc2)CC3)c1. The highest BCUT2D eigenvalue weighted by Gasteiger charge is 2.43. The van der Waals surface area contributed by atoms with Gasteiger partial charge in [0.05, 0.1) is 0 Å². The number of hydrogen-bond donors (Lipinski definition) is 1. The zero-order chi connectivity index (χ0) is 16.4. The third-order valence-electron chi connectivity index (χ3n) is 6.08. The summed E-state index contributed by atoms with van der Waals surface area (Å²) < 4.78 is 0. The molecule has 4 rings (SSSR count). The molecule has 1 N–H and O–H groups in total. The van der Waals surface area contributed by atoms with E-state index in [9.17, 15) is 5.11 Å². The van der Waals surface area contributed by atoms with Crippen molar-refractivity contribution in [1.29, 1.82) is 0 Å². The van der Waals surface area contributed by atoms with Crippen molar-refractivity contribution in [2.24, 2.45) is 0 Å². The maximum atomic E-state index is 9.88. The number of hydrogen-bond acceptors (Lipinski definition) is 3. The maximum absolute atomic E-state index is 9.88. The number of phenolic OH excluding ortho intramolecular Hbond substituents is 1. The second-order valence-electron chi connectivity index (χ2n) is 7.48. The molecule has 1 saturated heterocycles. The van der Waals surface area contributed by atoms with Gasteiger partial charge in [0, 0.05) is 25.0 Å². The van der Waals surface area contributed by atoms with Crippen LogP contribution in [-0.2, 0) is 11.8 Å². The number of benzene rings is 1. The number of nitrogens with zero attached hydrogens (tertiary/aromatic N) is 2. The van der Waals surface area contributed by atoms with Gasteiger partial charge in [0.2, 0.25) is 0 Å². The minimum Gasteiger partial charge on any atom is -0.508 e. The summed E-state index contributed by atoms with van der Waals surface area (Å²) in [6, 6.07) is 12.9. The summed E-state index contributed by atoms with van der Waals surface area (Å²) in [6.07, 6.45) is 11.2. The quantitative estimate of drug-likeness (QED) is 0.927. The molecular weight excluding hydrogens is 296 g/mol. The zero-order valence-corrected chi connectivity index (χ0v) is 14.2. The summed E-state index contributed by atoms with van der Waals surface area (Å²) in [5.41, 5.74) is 2.96. The predicted octanol–water partition coefficient (Wildman–Crippen LogP) is 3.92. The minimum absolute atomic E-state index is 0.284. The first kappa shape index (κ1) is 15.6. The molecule has 2 fully saturated rings. The third kappa shape index (κ3) is 3.05. The summed E-state index contributed by atoms with van der Waals surface area (Å²) in [4.78, 5) is 6.92. The van der Waals surface area contributed by atoms with Gasteiger partial charge in [-0.25, -0.2) is 0 Å². The van der Waals surface area contributed by atoms with Crippen molar-refractivity contribution in [2.75, 3.05) is 13.1 Å². The van der Waals surface area contributed by atoms with Gasteiger partial charge in [-0.15, -0.1) is 0 Å². The number of phenols is 1. The first-order chi connectivity index (χ1) is 11.8. The fourth-order valence-corrected chi connectivity index (χ4v) is 4.77. The average Bonchev–Trinajstić information content (AvgIpc) is 2.62. The highest BCUT2D eigenvalue weighted by Crippen LogP contribution is 2.47. The molecule has 1 aromatic carbocycles. The fourth-order valence-electron chi connectivity index (χ4n) is 4.77. The largest absolute Gasteiger partial charge is 0.508 e. The lowest BCUT2D eigenvalue weighted by molar-refractivity contribution is 0.0524. The standard InChI is InChI=1S/C21H26N2O/c24-20-7-1-5-18(14-20)21-9-2-6-19(15-21)23(13-10-21)12-8-17-4-3-11-22-16-17/h1,3-5,7,11,14,16,19,24H,2,6,8-10,12-13,15H2/t19-,21+/m0/s1. The highest BCUT2D eigenvalue weighted by molar-refractivity contribution is 5.34. The Morgan fingerprint density at radius 1 is 1.21 bits per heavy atom. The topological polar surface area (TPSA) is 36.4 Å². The van der Waals surface area contributed by atoms with E-state index in [1.54, 1.807) is 6.07 Å². The van der Waals surface area contributed by atoms with Gasteiger partial charge in [-0.05, 0) is 73.4 Å². The van der Waals surface area contributed by atoms with E-state index in [1.165, 1.54) is 49.8 Å². The van der Waals surface area contributed by atoms with Gasteiger partial charge in [0.25, 0.3) is 0 Å². The maximum Gasteiger partial charge on any atom is 0.115 e. The summed E-state index contributed by atoms with van der Waals surface area (Å²) >= 11 is 0. The molecule has 3 heteroatoms. The Morgan fingerprint density at radius 2 is 2.17 bits per heavy atom. The number of piperidine rings is 1. The van der Waals surface area contributed by atoms with E-state index in [1.807, 2.05) is 30.6 Å². The van der Waals surface area contributed by atoms with E-state index in [-0.39, 0.29) is 5.41 Å². The zero-order valence-electron chi connectivity index (χ0n) is 14.2. The van der Waals surface area contributed by atoms with Crippen LogP contribution >= 0.6 is 0 Å². The van der Waals surface area contributed by atoms with Crippen molar-refractivity contribution in [2.45, 2.75) is 50.0 Å². The van der Waals surface area contributed by atoms with Gasteiger partial charge in [-0.1, -0.05) is 24.6 Å². The predicted molar refractivity (Wildman–Crippen MR) is 96.2 cm³/mol. The van der Waals surface area contributed by atoms with Crippen LogP contribution < -0.4 is 0 Å². The van der Waals surface area contributed by atoms with E-state index in [2.05, 4.69) is 22.0 Å². The molecule has 1 aliphatic heterocycles. The van der Waals surface area contributed by atoms with Gasteiger partial charge in [-0.3, -0.25) is 9.88 Å². The van der Waals surface area contributed by atoms with Crippen LogP contribution in [-0.4, -0.2) is 34.1 Å². The monoisotopic (exact) mass is 322 g/mol. The highest BCUT2D eigenvalue weighted by atomic mass is 16.3. The van der Waals surface area contributed by atoms with Crippen molar-refractivity contribution < 1.29 is 5.11 Å². The van der Waals surface area contributed by atoms with Gasteiger partial charge in [0.1, 0.15) is 5.75 Å². The van der Waals surface area contributed by atoms with Gasteiger partial charge in [-0.2, -0.15) is 0 Å². The molecule has 0 radical (unpaired) electrons. The van der Waals surface area contributed by atoms with E-state index in [4.69, 9.17) is 0 Å². The molecule has 1 aromatic heterocycles.